The third-order valence-corrected chi connectivity index (χ3v) is 2.67. The molecule has 2 aromatic carbocycles. The van der Waals surface area contributed by atoms with Crippen molar-refractivity contribution in [2.24, 2.45) is 0 Å². The van der Waals surface area contributed by atoms with Gasteiger partial charge in [-0.15, -0.1) is 0 Å². The van der Waals surface area contributed by atoms with E-state index < -0.39 is 17.7 Å². The Hall–Kier alpha value is -2.70. The summed E-state index contributed by atoms with van der Waals surface area (Å²) < 4.78 is 42.5. The first-order valence-electron chi connectivity index (χ1n) is 5.75. The Balaban J connectivity index is 2.22. The van der Waals surface area contributed by atoms with Gasteiger partial charge in [0.25, 0.3) is 0 Å². The summed E-state index contributed by atoms with van der Waals surface area (Å²) in [4.78, 5) is 10.9. The summed E-state index contributed by atoms with van der Waals surface area (Å²) in [6.07, 6.45) is -4.42. The predicted molar refractivity (Wildman–Crippen MR) is 69.3 cm³/mol. The summed E-state index contributed by atoms with van der Waals surface area (Å²) in [5, 5.41) is 8.92. The molecule has 0 bridgehead atoms. The van der Waals surface area contributed by atoms with E-state index in [0.717, 1.165) is 24.3 Å². The first-order valence-corrected chi connectivity index (χ1v) is 5.75. The third-order valence-electron chi connectivity index (χ3n) is 2.67. The van der Waals surface area contributed by atoms with Gasteiger partial charge in [0, 0.05) is 5.69 Å². The van der Waals surface area contributed by atoms with Crippen LogP contribution in [-0.2, 0) is 6.18 Å². The highest BCUT2D eigenvalue weighted by Crippen LogP contribution is 2.31. The smallest absolute Gasteiger partial charge is 0.416 e. The maximum absolute atomic E-state index is 12.4. The van der Waals surface area contributed by atoms with Crippen LogP contribution in [0.15, 0.2) is 42.5 Å². The van der Waals surface area contributed by atoms with Crippen molar-refractivity contribution in [2.75, 3.05) is 5.73 Å². The average molecular weight is 297 g/mol. The molecule has 0 radical (unpaired) electrons. The molecule has 21 heavy (non-hydrogen) atoms. The van der Waals surface area contributed by atoms with Crippen LogP contribution in [0, 0.1) is 0 Å². The number of ether oxygens (including phenoxy) is 1. The van der Waals surface area contributed by atoms with E-state index in [1.54, 1.807) is 0 Å². The number of nitrogens with two attached hydrogens (primary N) is 1. The fourth-order valence-electron chi connectivity index (χ4n) is 1.63. The number of aromatic carboxylic acids is 1. The van der Waals surface area contributed by atoms with Crippen molar-refractivity contribution < 1.29 is 27.8 Å². The van der Waals surface area contributed by atoms with E-state index in [0.29, 0.717) is 0 Å². The zero-order chi connectivity index (χ0) is 15.6. The molecule has 0 aliphatic carbocycles. The highest BCUT2D eigenvalue weighted by molar-refractivity contribution is 5.94. The number of anilines is 1. The van der Waals surface area contributed by atoms with Crippen LogP contribution in [0.1, 0.15) is 15.9 Å². The molecule has 2 aromatic rings. The number of carbonyl (C=O) groups is 1. The standard InChI is InChI=1S/C14H10F3NO3/c15-14(16,17)8-1-3-9(4-2-8)21-10-5-6-12(18)11(7-10)13(19)20/h1-7H,18H2,(H,19,20). The van der Waals surface area contributed by atoms with Crippen molar-refractivity contribution in [3.63, 3.8) is 0 Å². The van der Waals surface area contributed by atoms with Gasteiger partial charge in [-0.2, -0.15) is 13.2 Å². The van der Waals surface area contributed by atoms with Gasteiger partial charge in [0.15, 0.2) is 0 Å². The molecule has 0 aliphatic heterocycles. The second kappa shape index (κ2) is 5.35. The van der Waals surface area contributed by atoms with Crippen molar-refractivity contribution in [1.82, 2.24) is 0 Å². The summed E-state index contributed by atoms with van der Waals surface area (Å²) in [6, 6.07) is 8.05. The van der Waals surface area contributed by atoms with Crippen molar-refractivity contribution >= 4 is 11.7 Å². The molecule has 4 nitrogen and oxygen atoms in total. The Kier molecular flexibility index (Phi) is 3.75. The molecule has 0 spiro atoms. The van der Waals surface area contributed by atoms with E-state index in [9.17, 15) is 18.0 Å². The molecule has 0 aliphatic rings. The summed E-state index contributed by atoms with van der Waals surface area (Å²) in [7, 11) is 0. The van der Waals surface area contributed by atoms with Crippen LogP contribution in [0.4, 0.5) is 18.9 Å². The molecule has 0 heterocycles. The number of alkyl halides is 3. The van der Waals surface area contributed by atoms with Gasteiger partial charge in [0.2, 0.25) is 0 Å². The molecule has 2 rings (SSSR count). The maximum atomic E-state index is 12.4. The van der Waals surface area contributed by atoms with E-state index in [-0.39, 0.29) is 22.7 Å². The van der Waals surface area contributed by atoms with Gasteiger partial charge >= 0.3 is 12.1 Å². The highest BCUT2D eigenvalue weighted by Gasteiger charge is 2.30. The molecule has 0 atom stereocenters. The molecule has 0 fully saturated rings. The maximum Gasteiger partial charge on any atom is 0.416 e. The van der Waals surface area contributed by atoms with Crippen LogP contribution in [0.3, 0.4) is 0 Å². The first-order chi connectivity index (χ1) is 9.77. The van der Waals surface area contributed by atoms with Gasteiger partial charge < -0.3 is 15.6 Å². The predicted octanol–water partition coefficient (Wildman–Crippen LogP) is 3.78. The minimum Gasteiger partial charge on any atom is -0.478 e. The minimum absolute atomic E-state index is 0.0715. The number of hydrogen-bond acceptors (Lipinski definition) is 3. The quantitative estimate of drug-likeness (QED) is 0.846. The Morgan fingerprint density at radius 2 is 1.62 bits per heavy atom. The fraction of sp³-hybridized carbons (Fsp3) is 0.0714. The Labute approximate surface area is 117 Å². The lowest BCUT2D eigenvalue weighted by Crippen LogP contribution is -2.04. The van der Waals surface area contributed by atoms with Crippen LogP contribution < -0.4 is 10.5 Å². The van der Waals surface area contributed by atoms with E-state index in [1.165, 1.54) is 18.2 Å². The zero-order valence-corrected chi connectivity index (χ0v) is 10.5. The molecule has 3 N–H and O–H groups in total. The van der Waals surface area contributed by atoms with Crippen LogP contribution in [0.25, 0.3) is 0 Å². The molecular formula is C14H10F3NO3. The molecule has 0 unspecified atom stereocenters. The summed E-state index contributed by atoms with van der Waals surface area (Å²) >= 11 is 0. The largest absolute Gasteiger partial charge is 0.478 e. The number of carboxylic acids is 1. The van der Waals surface area contributed by atoms with Gasteiger partial charge in [-0.3, -0.25) is 0 Å². The zero-order valence-electron chi connectivity index (χ0n) is 10.5. The van der Waals surface area contributed by atoms with Crippen molar-refractivity contribution in [1.29, 1.82) is 0 Å². The van der Waals surface area contributed by atoms with Crippen LogP contribution >= 0.6 is 0 Å². The van der Waals surface area contributed by atoms with Gasteiger partial charge in [-0.05, 0) is 42.5 Å². The summed E-state index contributed by atoms with van der Waals surface area (Å²) in [6.45, 7) is 0. The Morgan fingerprint density at radius 3 is 2.14 bits per heavy atom. The van der Waals surface area contributed by atoms with Crippen LogP contribution in [0.2, 0.25) is 0 Å². The number of benzene rings is 2. The molecule has 7 heteroatoms. The van der Waals surface area contributed by atoms with E-state index in [4.69, 9.17) is 15.6 Å². The normalized spacial score (nSPS) is 11.2. The van der Waals surface area contributed by atoms with Gasteiger partial charge in [0.05, 0.1) is 11.1 Å². The highest BCUT2D eigenvalue weighted by atomic mass is 19.4. The van der Waals surface area contributed by atoms with Crippen molar-refractivity contribution in [3.05, 3.63) is 53.6 Å². The number of rotatable bonds is 3. The van der Waals surface area contributed by atoms with Gasteiger partial charge in [0.1, 0.15) is 11.5 Å². The second-order valence-electron chi connectivity index (χ2n) is 4.18. The minimum atomic E-state index is -4.42. The summed E-state index contributed by atoms with van der Waals surface area (Å²) in [5.74, 6) is -0.893. The van der Waals surface area contributed by atoms with E-state index >= 15 is 0 Å². The second-order valence-corrected chi connectivity index (χ2v) is 4.18. The number of carboxylic acid groups (broad SMARTS) is 1. The van der Waals surface area contributed by atoms with Gasteiger partial charge in [-0.1, -0.05) is 0 Å². The lowest BCUT2D eigenvalue weighted by Gasteiger charge is -2.10. The van der Waals surface area contributed by atoms with Crippen LogP contribution in [-0.4, -0.2) is 11.1 Å². The monoisotopic (exact) mass is 297 g/mol. The Bertz CT molecular complexity index is 666. The van der Waals surface area contributed by atoms with E-state index in [1.807, 2.05) is 0 Å². The average Bonchev–Trinajstić information content (AvgIpc) is 2.40. The number of nitrogen functional groups attached to an aromatic ring is 1. The molecular weight excluding hydrogens is 287 g/mol. The number of halogens is 3. The molecule has 0 saturated carbocycles. The van der Waals surface area contributed by atoms with Crippen molar-refractivity contribution in [2.45, 2.75) is 6.18 Å². The lowest BCUT2D eigenvalue weighted by atomic mass is 10.1. The molecule has 0 saturated heterocycles. The third kappa shape index (κ3) is 3.44. The molecule has 110 valence electrons. The van der Waals surface area contributed by atoms with Crippen molar-refractivity contribution in [3.8, 4) is 11.5 Å². The Morgan fingerprint density at radius 1 is 1.05 bits per heavy atom. The topological polar surface area (TPSA) is 72.5 Å². The number of hydrogen-bond donors (Lipinski definition) is 2. The lowest BCUT2D eigenvalue weighted by molar-refractivity contribution is -0.137. The van der Waals surface area contributed by atoms with Gasteiger partial charge in [-0.25, -0.2) is 4.79 Å². The van der Waals surface area contributed by atoms with E-state index in [2.05, 4.69) is 0 Å². The SMILES string of the molecule is Nc1ccc(Oc2ccc(C(F)(F)F)cc2)cc1C(=O)O. The summed E-state index contributed by atoms with van der Waals surface area (Å²) in [5.41, 5.74) is 4.63. The molecule has 0 amide bonds. The molecule has 0 aromatic heterocycles. The first kappa shape index (κ1) is 14.7. The fourth-order valence-corrected chi connectivity index (χ4v) is 1.63. The van der Waals surface area contributed by atoms with Crippen LogP contribution in [0.5, 0.6) is 11.5 Å².